The summed E-state index contributed by atoms with van der Waals surface area (Å²) in [5.74, 6) is 2.06. The van der Waals surface area contributed by atoms with Crippen molar-refractivity contribution >= 4 is 40.0 Å². The predicted octanol–water partition coefficient (Wildman–Crippen LogP) is 3.29. The number of hydrogen-bond acceptors (Lipinski definition) is 4. The van der Waals surface area contributed by atoms with Crippen LogP contribution in [0.4, 0.5) is 5.82 Å². The lowest BCUT2D eigenvalue weighted by atomic mass is 10.3. The second-order valence-electron chi connectivity index (χ2n) is 3.69. The molecule has 6 heteroatoms. The van der Waals surface area contributed by atoms with Crippen LogP contribution in [0.25, 0.3) is 0 Å². The number of benzene rings is 1. The van der Waals surface area contributed by atoms with Crippen molar-refractivity contribution < 1.29 is 9.47 Å². The summed E-state index contributed by atoms with van der Waals surface area (Å²) in [6.45, 7) is 0.415. The van der Waals surface area contributed by atoms with Crippen molar-refractivity contribution in [2.45, 2.75) is 5.56 Å². The van der Waals surface area contributed by atoms with Gasteiger partial charge in [0.2, 0.25) is 5.56 Å². The minimum absolute atomic E-state index is 0.357. The van der Waals surface area contributed by atoms with E-state index in [1.165, 1.54) is 0 Å². The van der Waals surface area contributed by atoms with E-state index in [1.807, 2.05) is 30.3 Å². The number of nitrogens with two attached hydrogens (primary N) is 1. The molecule has 0 bridgehead atoms. The zero-order valence-electron chi connectivity index (χ0n) is 9.92. The molecule has 0 spiro atoms. The Morgan fingerprint density at radius 3 is 2.58 bits per heavy atom. The molecule has 1 aliphatic heterocycles. The SMILES string of the molecule is ClC1COc2ccccc2O1.Nc1ccc(I)cn1. The van der Waals surface area contributed by atoms with Gasteiger partial charge in [0.05, 0.1) is 0 Å². The van der Waals surface area contributed by atoms with Gasteiger partial charge in [0, 0.05) is 9.77 Å². The monoisotopic (exact) mass is 390 g/mol. The van der Waals surface area contributed by atoms with Crippen LogP contribution in [0.2, 0.25) is 0 Å². The van der Waals surface area contributed by atoms with E-state index in [0.717, 1.165) is 15.1 Å². The number of rotatable bonds is 0. The highest BCUT2D eigenvalue weighted by molar-refractivity contribution is 14.1. The van der Waals surface area contributed by atoms with E-state index in [4.69, 9.17) is 26.8 Å². The van der Waals surface area contributed by atoms with E-state index in [2.05, 4.69) is 27.6 Å². The highest BCUT2D eigenvalue weighted by atomic mass is 127. The normalized spacial score (nSPS) is 16.2. The second kappa shape index (κ2) is 6.81. The molecule has 1 unspecified atom stereocenters. The van der Waals surface area contributed by atoms with Crippen molar-refractivity contribution in [1.82, 2.24) is 4.98 Å². The van der Waals surface area contributed by atoms with Crippen LogP contribution in [-0.2, 0) is 0 Å². The van der Waals surface area contributed by atoms with Gasteiger partial charge in [0.15, 0.2) is 11.5 Å². The second-order valence-corrected chi connectivity index (χ2v) is 5.42. The summed E-state index contributed by atoms with van der Waals surface area (Å²) in [5.41, 5.74) is 4.96. The Labute approximate surface area is 130 Å². The number of para-hydroxylation sites is 2. The summed E-state index contributed by atoms with van der Waals surface area (Å²) in [7, 11) is 0. The number of pyridine rings is 1. The standard InChI is InChI=1S/C8H7ClO2.C5H5IN2/c9-8-5-10-6-3-1-2-4-7(6)11-8;6-4-1-2-5(7)8-3-4/h1-4,8H,5H2;1-3H,(H2,7,8). The lowest BCUT2D eigenvalue weighted by molar-refractivity contribution is 0.144. The summed E-state index contributed by atoms with van der Waals surface area (Å²) in [6, 6.07) is 11.2. The fraction of sp³-hybridized carbons (Fsp3) is 0.154. The van der Waals surface area contributed by atoms with Crippen molar-refractivity contribution in [1.29, 1.82) is 0 Å². The highest BCUT2D eigenvalue weighted by Crippen LogP contribution is 2.31. The Hall–Kier alpha value is -1.21. The number of alkyl halides is 1. The summed E-state index contributed by atoms with van der Waals surface area (Å²) in [5, 5.41) is 0. The van der Waals surface area contributed by atoms with Crippen LogP contribution in [-0.4, -0.2) is 17.2 Å². The maximum Gasteiger partial charge on any atom is 0.206 e. The minimum atomic E-state index is -0.357. The van der Waals surface area contributed by atoms with Gasteiger partial charge < -0.3 is 15.2 Å². The van der Waals surface area contributed by atoms with E-state index in [0.29, 0.717) is 12.4 Å². The van der Waals surface area contributed by atoms with Crippen LogP contribution < -0.4 is 15.2 Å². The third-order valence-corrected chi connectivity index (χ3v) is 3.08. The van der Waals surface area contributed by atoms with E-state index in [1.54, 1.807) is 12.3 Å². The van der Waals surface area contributed by atoms with Crippen LogP contribution in [0.5, 0.6) is 11.5 Å². The average molecular weight is 391 g/mol. The highest BCUT2D eigenvalue weighted by Gasteiger charge is 2.16. The summed E-state index contributed by atoms with van der Waals surface area (Å²) in [6.07, 6.45) is 1.73. The number of fused-ring (bicyclic) bond motifs is 1. The molecule has 4 nitrogen and oxygen atoms in total. The molecule has 3 rings (SSSR count). The fourth-order valence-corrected chi connectivity index (χ4v) is 1.86. The summed E-state index contributed by atoms with van der Waals surface area (Å²) < 4.78 is 11.7. The first-order valence-corrected chi connectivity index (χ1v) is 7.06. The molecule has 1 aromatic carbocycles. The Bertz CT molecular complexity index is 515. The molecule has 100 valence electrons. The van der Waals surface area contributed by atoms with Gasteiger partial charge in [-0.05, 0) is 46.9 Å². The van der Waals surface area contributed by atoms with Crippen molar-refractivity contribution in [3.63, 3.8) is 0 Å². The smallest absolute Gasteiger partial charge is 0.206 e. The van der Waals surface area contributed by atoms with Gasteiger partial charge in [-0.25, -0.2) is 4.98 Å². The van der Waals surface area contributed by atoms with E-state index >= 15 is 0 Å². The maximum atomic E-state index is 5.70. The first-order valence-electron chi connectivity index (χ1n) is 5.55. The van der Waals surface area contributed by atoms with Crippen LogP contribution in [0.3, 0.4) is 0 Å². The minimum Gasteiger partial charge on any atom is -0.484 e. The number of aromatic nitrogens is 1. The van der Waals surface area contributed by atoms with Crippen LogP contribution in [0.1, 0.15) is 0 Å². The number of hydrogen-bond donors (Lipinski definition) is 1. The Morgan fingerprint density at radius 2 is 1.95 bits per heavy atom. The molecular weight excluding hydrogens is 379 g/mol. The van der Waals surface area contributed by atoms with Crippen molar-refractivity contribution in [2.75, 3.05) is 12.3 Å². The van der Waals surface area contributed by atoms with E-state index in [-0.39, 0.29) is 5.56 Å². The third kappa shape index (κ3) is 4.43. The number of halogens is 2. The Kier molecular flexibility index (Phi) is 5.09. The number of anilines is 1. The van der Waals surface area contributed by atoms with E-state index in [9.17, 15) is 0 Å². The van der Waals surface area contributed by atoms with Gasteiger partial charge in [-0.1, -0.05) is 23.7 Å². The quantitative estimate of drug-likeness (QED) is 0.554. The number of ether oxygens (including phenoxy) is 2. The predicted molar refractivity (Wildman–Crippen MR) is 83.6 cm³/mol. The van der Waals surface area contributed by atoms with Crippen molar-refractivity contribution in [3.05, 3.63) is 46.2 Å². The van der Waals surface area contributed by atoms with Gasteiger partial charge in [-0.15, -0.1) is 0 Å². The van der Waals surface area contributed by atoms with Gasteiger partial charge >= 0.3 is 0 Å². The molecule has 2 heterocycles. The molecule has 0 fully saturated rings. The molecule has 1 aromatic heterocycles. The molecule has 1 atom stereocenters. The third-order valence-electron chi connectivity index (χ3n) is 2.22. The molecule has 0 saturated carbocycles. The fourth-order valence-electron chi connectivity index (χ4n) is 1.38. The molecule has 2 aromatic rings. The van der Waals surface area contributed by atoms with Crippen molar-refractivity contribution in [3.8, 4) is 11.5 Å². The first-order chi connectivity index (χ1) is 9.15. The molecular formula is C13H12ClIN2O2. The Morgan fingerprint density at radius 1 is 1.21 bits per heavy atom. The van der Waals surface area contributed by atoms with Crippen LogP contribution in [0, 0.1) is 3.57 Å². The molecule has 2 N–H and O–H groups in total. The number of nitrogens with zero attached hydrogens (tertiary/aromatic N) is 1. The molecule has 1 aliphatic rings. The van der Waals surface area contributed by atoms with Gasteiger partial charge in [-0.3, -0.25) is 0 Å². The lowest BCUT2D eigenvalue weighted by Gasteiger charge is -2.21. The molecule has 19 heavy (non-hydrogen) atoms. The Balaban J connectivity index is 0.000000148. The van der Waals surface area contributed by atoms with Crippen LogP contribution >= 0.6 is 34.2 Å². The zero-order valence-corrected chi connectivity index (χ0v) is 12.8. The van der Waals surface area contributed by atoms with Gasteiger partial charge in [-0.2, -0.15) is 0 Å². The van der Waals surface area contributed by atoms with Gasteiger partial charge in [0.25, 0.3) is 0 Å². The molecule has 0 aliphatic carbocycles. The zero-order chi connectivity index (χ0) is 13.7. The summed E-state index contributed by atoms with van der Waals surface area (Å²) in [4.78, 5) is 3.85. The van der Waals surface area contributed by atoms with Crippen LogP contribution in [0.15, 0.2) is 42.6 Å². The average Bonchev–Trinajstić information content (AvgIpc) is 2.43. The molecule has 0 saturated heterocycles. The molecule has 0 radical (unpaired) electrons. The maximum absolute atomic E-state index is 5.70. The van der Waals surface area contributed by atoms with Crippen molar-refractivity contribution in [2.24, 2.45) is 0 Å². The topological polar surface area (TPSA) is 57.4 Å². The first kappa shape index (κ1) is 14.2. The largest absolute Gasteiger partial charge is 0.484 e. The lowest BCUT2D eigenvalue weighted by Crippen LogP contribution is -2.23. The number of nitrogen functional groups attached to an aromatic ring is 1. The molecule has 0 amide bonds. The van der Waals surface area contributed by atoms with Gasteiger partial charge in [0.1, 0.15) is 12.4 Å². The van der Waals surface area contributed by atoms with E-state index < -0.39 is 0 Å². The summed E-state index contributed by atoms with van der Waals surface area (Å²) >= 11 is 7.88.